The summed E-state index contributed by atoms with van der Waals surface area (Å²) < 4.78 is 23.1. The molecule has 1 rings (SSSR count). The SMILES string of the molecule is COC(=O)c1cc(CC(C)C(=O)O)cc(F)c1OC. The fraction of sp³-hybridized carbons (Fsp3) is 0.385. The molecule has 0 spiro atoms. The van der Waals surface area contributed by atoms with Crippen molar-refractivity contribution in [1.82, 2.24) is 0 Å². The van der Waals surface area contributed by atoms with Crippen LogP contribution in [0.2, 0.25) is 0 Å². The van der Waals surface area contributed by atoms with Crippen LogP contribution >= 0.6 is 0 Å². The van der Waals surface area contributed by atoms with Crippen LogP contribution in [0.4, 0.5) is 4.39 Å². The maximum absolute atomic E-state index is 13.8. The molecule has 1 aromatic carbocycles. The number of benzene rings is 1. The van der Waals surface area contributed by atoms with Crippen LogP contribution in [0.25, 0.3) is 0 Å². The topological polar surface area (TPSA) is 72.8 Å². The Kier molecular flexibility index (Phi) is 4.86. The van der Waals surface area contributed by atoms with Gasteiger partial charge in [-0.05, 0) is 24.1 Å². The van der Waals surface area contributed by atoms with Gasteiger partial charge in [-0.2, -0.15) is 0 Å². The number of carbonyl (C=O) groups excluding carboxylic acids is 1. The van der Waals surface area contributed by atoms with Crippen molar-refractivity contribution in [3.05, 3.63) is 29.1 Å². The Morgan fingerprint density at radius 1 is 1.37 bits per heavy atom. The lowest BCUT2D eigenvalue weighted by atomic mass is 9.99. The molecule has 0 aliphatic rings. The van der Waals surface area contributed by atoms with Crippen molar-refractivity contribution in [1.29, 1.82) is 0 Å². The van der Waals surface area contributed by atoms with Crippen LogP contribution in [-0.4, -0.2) is 31.3 Å². The van der Waals surface area contributed by atoms with Gasteiger partial charge in [0.25, 0.3) is 0 Å². The third-order valence-electron chi connectivity index (χ3n) is 2.68. The molecule has 0 aromatic heterocycles. The second kappa shape index (κ2) is 6.17. The van der Waals surface area contributed by atoms with Gasteiger partial charge in [0.1, 0.15) is 5.56 Å². The van der Waals surface area contributed by atoms with Gasteiger partial charge >= 0.3 is 11.9 Å². The minimum Gasteiger partial charge on any atom is -0.493 e. The van der Waals surface area contributed by atoms with E-state index < -0.39 is 23.7 Å². The Hall–Kier alpha value is -2.11. The summed E-state index contributed by atoms with van der Waals surface area (Å²) in [5.41, 5.74) is 0.339. The molecule has 1 unspecified atom stereocenters. The maximum atomic E-state index is 13.8. The average Bonchev–Trinajstić information content (AvgIpc) is 2.36. The van der Waals surface area contributed by atoms with E-state index in [1.54, 1.807) is 0 Å². The van der Waals surface area contributed by atoms with Crippen LogP contribution in [0.15, 0.2) is 12.1 Å². The number of methoxy groups -OCH3 is 2. The third-order valence-corrected chi connectivity index (χ3v) is 2.68. The van der Waals surface area contributed by atoms with E-state index in [4.69, 9.17) is 9.84 Å². The average molecular weight is 270 g/mol. The van der Waals surface area contributed by atoms with Gasteiger partial charge in [-0.15, -0.1) is 0 Å². The van der Waals surface area contributed by atoms with Gasteiger partial charge in [-0.1, -0.05) is 6.92 Å². The Labute approximate surface area is 109 Å². The molecule has 104 valence electrons. The zero-order chi connectivity index (χ0) is 14.6. The predicted octanol–water partition coefficient (Wildman–Crippen LogP) is 1.88. The lowest BCUT2D eigenvalue weighted by molar-refractivity contribution is -0.141. The largest absolute Gasteiger partial charge is 0.493 e. The number of carboxylic acid groups (broad SMARTS) is 1. The molecule has 0 bridgehead atoms. The molecule has 5 nitrogen and oxygen atoms in total. The number of esters is 1. The minimum atomic E-state index is -0.990. The molecule has 0 amide bonds. The first-order chi connectivity index (χ1) is 8.90. The summed E-state index contributed by atoms with van der Waals surface area (Å²) in [6.45, 7) is 1.50. The molecule has 0 fully saturated rings. The maximum Gasteiger partial charge on any atom is 0.341 e. The molecule has 0 radical (unpaired) electrons. The van der Waals surface area contributed by atoms with Gasteiger partial charge < -0.3 is 14.6 Å². The second-order valence-electron chi connectivity index (χ2n) is 4.09. The molecular weight excluding hydrogens is 255 g/mol. The van der Waals surface area contributed by atoms with Gasteiger partial charge in [0, 0.05) is 0 Å². The number of aliphatic carboxylic acids is 1. The lowest BCUT2D eigenvalue weighted by Gasteiger charge is -2.12. The van der Waals surface area contributed by atoms with Crippen molar-refractivity contribution in [3.63, 3.8) is 0 Å². The summed E-state index contributed by atoms with van der Waals surface area (Å²) >= 11 is 0. The summed E-state index contributed by atoms with van der Waals surface area (Å²) in [7, 11) is 2.41. The fourth-order valence-corrected chi connectivity index (χ4v) is 1.68. The van der Waals surface area contributed by atoms with E-state index in [9.17, 15) is 14.0 Å². The smallest absolute Gasteiger partial charge is 0.341 e. The molecule has 1 N–H and O–H groups in total. The molecule has 0 saturated carbocycles. The number of halogens is 1. The van der Waals surface area contributed by atoms with Crippen LogP contribution in [-0.2, 0) is 16.0 Å². The van der Waals surface area contributed by atoms with E-state index in [1.807, 2.05) is 0 Å². The van der Waals surface area contributed by atoms with E-state index in [1.165, 1.54) is 27.2 Å². The van der Waals surface area contributed by atoms with Crippen molar-refractivity contribution in [3.8, 4) is 5.75 Å². The van der Waals surface area contributed by atoms with Crippen molar-refractivity contribution in [2.45, 2.75) is 13.3 Å². The molecule has 0 aliphatic heterocycles. The number of hydrogen-bond acceptors (Lipinski definition) is 4. The molecule has 0 aliphatic carbocycles. The van der Waals surface area contributed by atoms with Crippen LogP contribution in [0, 0.1) is 11.7 Å². The summed E-state index contributed by atoms with van der Waals surface area (Å²) in [4.78, 5) is 22.3. The zero-order valence-electron chi connectivity index (χ0n) is 10.9. The van der Waals surface area contributed by atoms with Crippen LogP contribution in [0.5, 0.6) is 5.75 Å². The highest BCUT2D eigenvalue weighted by Gasteiger charge is 2.20. The van der Waals surface area contributed by atoms with Gasteiger partial charge in [0.15, 0.2) is 11.6 Å². The highest BCUT2D eigenvalue weighted by atomic mass is 19.1. The highest BCUT2D eigenvalue weighted by molar-refractivity contribution is 5.92. The zero-order valence-corrected chi connectivity index (χ0v) is 10.9. The quantitative estimate of drug-likeness (QED) is 0.827. The normalized spacial score (nSPS) is 11.8. The second-order valence-corrected chi connectivity index (χ2v) is 4.09. The molecule has 6 heteroatoms. The molecule has 19 heavy (non-hydrogen) atoms. The predicted molar refractivity (Wildman–Crippen MR) is 64.8 cm³/mol. The molecular formula is C13H15FO5. The molecule has 1 atom stereocenters. The van der Waals surface area contributed by atoms with Crippen molar-refractivity contribution >= 4 is 11.9 Å². The van der Waals surface area contributed by atoms with Gasteiger partial charge in [-0.3, -0.25) is 4.79 Å². The number of ether oxygens (including phenoxy) is 2. The Morgan fingerprint density at radius 3 is 2.47 bits per heavy atom. The Balaban J connectivity index is 3.19. The standard InChI is InChI=1S/C13H15FO5/c1-7(12(15)16)4-8-5-9(13(17)19-3)11(18-2)10(14)6-8/h5-7H,4H2,1-3H3,(H,15,16). The summed E-state index contributed by atoms with van der Waals surface area (Å²) in [5.74, 6) is -3.34. The van der Waals surface area contributed by atoms with Crippen LogP contribution in [0.1, 0.15) is 22.8 Å². The van der Waals surface area contributed by atoms with Gasteiger partial charge in [0.2, 0.25) is 0 Å². The summed E-state index contributed by atoms with van der Waals surface area (Å²) in [5, 5.41) is 8.83. The van der Waals surface area contributed by atoms with Gasteiger partial charge in [0.05, 0.1) is 20.1 Å². The first kappa shape index (κ1) is 14.9. The first-order valence-corrected chi connectivity index (χ1v) is 5.58. The van der Waals surface area contributed by atoms with E-state index in [0.29, 0.717) is 5.56 Å². The van der Waals surface area contributed by atoms with Gasteiger partial charge in [-0.25, -0.2) is 9.18 Å². The number of carbonyl (C=O) groups is 2. The van der Waals surface area contributed by atoms with Crippen LogP contribution in [0.3, 0.4) is 0 Å². The van der Waals surface area contributed by atoms with E-state index in [0.717, 1.165) is 6.07 Å². The van der Waals surface area contributed by atoms with Crippen molar-refractivity contribution < 1.29 is 28.6 Å². The number of hydrogen-bond donors (Lipinski definition) is 1. The van der Waals surface area contributed by atoms with Crippen molar-refractivity contribution in [2.75, 3.05) is 14.2 Å². The minimum absolute atomic E-state index is 0.0578. The monoisotopic (exact) mass is 270 g/mol. The number of carboxylic acids is 1. The molecule has 0 saturated heterocycles. The van der Waals surface area contributed by atoms with Crippen molar-refractivity contribution in [2.24, 2.45) is 5.92 Å². The van der Waals surface area contributed by atoms with E-state index >= 15 is 0 Å². The van der Waals surface area contributed by atoms with E-state index in [-0.39, 0.29) is 17.7 Å². The Bertz CT molecular complexity index is 498. The lowest BCUT2D eigenvalue weighted by Crippen LogP contribution is -2.13. The Morgan fingerprint density at radius 2 is 2.00 bits per heavy atom. The van der Waals surface area contributed by atoms with E-state index in [2.05, 4.69) is 4.74 Å². The van der Waals surface area contributed by atoms with Crippen LogP contribution < -0.4 is 4.74 Å². The fourth-order valence-electron chi connectivity index (χ4n) is 1.68. The number of rotatable bonds is 5. The summed E-state index contributed by atoms with van der Waals surface area (Å²) in [6, 6.07) is 2.54. The molecule has 0 heterocycles. The third kappa shape index (κ3) is 3.43. The first-order valence-electron chi connectivity index (χ1n) is 5.58. The highest BCUT2D eigenvalue weighted by Crippen LogP contribution is 2.26. The summed E-state index contributed by atoms with van der Waals surface area (Å²) in [6.07, 6.45) is 0.111. The molecule has 1 aromatic rings.